The van der Waals surface area contributed by atoms with Crippen molar-refractivity contribution >= 4 is 5.96 Å². The fraction of sp³-hybridized carbons (Fsp3) is 0.542. The van der Waals surface area contributed by atoms with Gasteiger partial charge < -0.3 is 19.8 Å². The molecule has 164 valence electrons. The minimum atomic E-state index is 0.225. The highest BCUT2D eigenvalue weighted by Gasteiger charge is 2.25. The van der Waals surface area contributed by atoms with Crippen LogP contribution in [0.2, 0.25) is 0 Å². The fourth-order valence-electron chi connectivity index (χ4n) is 3.73. The Hall–Kier alpha value is -2.31. The average Bonchev–Trinajstić information content (AvgIpc) is 3.46. The minimum absolute atomic E-state index is 0.225. The van der Waals surface area contributed by atoms with Crippen molar-refractivity contribution in [1.82, 2.24) is 15.5 Å². The summed E-state index contributed by atoms with van der Waals surface area (Å²) >= 11 is 0. The molecule has 2 heterocycles. The predicted octanol–water partition coefficient (Wildman–Crippen LogP) is 4.10. The van der Waals surface area contributed by atoms with E-state index in [-0.39, 0.29) is 12.1 Å². The smallest absolute Gasteiger partial charge is 0.191 e. The molecule has 0 amide bonds. The van der Waals surface area contributed by atoms with E-state index in [1.54, 1.807) is 6.26 Å². The van der Waals surface area contributed by atoms with Gasteiger partial charge in [0.2, 0.25) is 0 Å². The van der Waals surface area contributed by atoms with E-state index in [2.05, 4.69) is 66.6 Å². The van der Waals surface area contributed by atoms with Gasteiger partial charge in [-0.2, -0.15) is 0 Å². The minimum Gasteiger partial charge on any atom is -0.468 e. The fourth-order valence-corrected chi connectivity index (χ4v) is 3.73. The highest BCUT2D eigenvalue weighted by Crippen LogP contribution is 2.24. The van der Waals surface area contributed by atoms with Crippen LogP contribution >= 0.6 is 0 Å². The summed E-state index contributed by atoms with van der Waals surface area (Å²) in [5, 5.41) is 6.89. The van der Waals surface area contributed by atoms with Gasteiger partial charge in [-0.1, -0.05) is 24.3 Å². The summed E-state index contributed by atoms with van der Waals surface area (Å²) in [5.41, 5.74) is 2.36. The number of nitrogens with one attached hydrogen (secondary N) is 2. The summed E-state index contributed by atoms with van der Waals surface area (Å²) in [6.45, 7) is 11.3. The number of hydrogen-bond acceptors (Lipinski definition) is 4. The Morgan fingerprint density at radius 3 is 2.63 bits per heavy atom. The third kappa shape index (κ3) is 6.89. The summed E-state index contributed by atoms with van der Waals surface area (Å²) in [4.78, 5) is 7.30. The van der Waals surface area contributed by atoms with Crippen LogP contribution in [-0.2, 0) is 17.9 Å². The normalized spacial score (nSPS) is 16.2. The number of guanidine groups is 1. The Morgan fingerprint density at radius 2 is 1.93 bits per heavy atom. The quantitative estimate of drug-likeness (QED) is 0.454. The van der Waals surface area contributed by atoms with Gasteiger partial charge in [0.1, 0.15) is 5.76 Å². The second kappa shape index (κ2) is 11.8. The average molecular weight is 413 g/mol. The molecule has 0 bridgehead atoms. The van der Waals surface area contributed by atoms with Crippen LogP contribution in [0.15, 0.2) is 52.1 Å². The molecule has 1 atom stereocenters. The van der Waals surface area contributed by atoms with Crippen molar-refractivity contribution < 1.29 is 9.15 Å². The Balaban J connectivity index is 1.62. The largest absolute Gasteiger partial charge is 0.468 e. The summed E-state index contributed by atoms with van der Waals surface area (Å²) < 4.78 is 11.5. The van der Waals surface area contributed by atoms with Crippen LogP contribution in [0.3, 0.4) is 0 Å². The molecule has 6 heteroatoms. The molecule has 0 aliphatic carbocycles. The lowest BCUT2D eigenvalue weighted by Crippen LogP contribution is -2.42. The number of benzene rings is 1. The van der Waals surface area contributed by atoms with Crippen molar-refractivity contribution in [2.75, 3.05) is 26.2 Å². The molecule has 6 nitrogen and oxygen atoms in total. The van der Waals surface area contributed by atoms with Gasteiger partial charge in [-0.25, -0.2) is 4.99 Å². The number of aliphatic imine (C=N–C) groups is 1. The predicted molar refractivity (Wildman–Crippen MR) is 121 cm³/mol. The molecule has 3 rings (SSSR count). The molecule has 0 radical (unpaired) electrons. The van der Waals surface area contributed by atoms with Crippen LogP contribution in [-0.4, -0.2) is 43.1 Å². The van der Waals surface area contributed by atoms with Crippen LogP contribution < -0.4 is 10.6 Å². The third-order valence-corrected chi connectivity index (χ3v) is 5.25. The second-order valence-electron chi connectivity index (χ2n) is 8.03. The van der Waals surface area contributed by atoms with Crippen LogP contribution in [0.5, 0.6) is 0 Å². The first-order chi connectivity index (χ1) is 14.7. The van der Waals surface area contributed by atoms with Crippen molar-refractivity contribution in [3.05, 3.63) is 59.5 Å². The molecule has 1 saturated heterocycles. The first-order valence-electron chi connectivity index (χ1n) is 11.1. The highest BCUT2D eigenvalue weighted by molar-refractivity contribution is 5.79. The Bertz CT molecular complexity index is 767. The monoisotopic (exact) mass is 412 g/mol. The second-order valence-corrected chi connectivity index (χ2v) is 8.03. The van der Waals surface area contributed by atoms with Gasteiger partial charge in [0.25, 0.3) is 0 Å². The van der Waals surface area contributed by atoms with E-state index in [9.17, 15) is 0 Å². The molecule has 2 N–H and O–H groups in total. The summed E-state index contributed by atoms with van der Waals surface area (Å²) in [6, 6.07) is 12.7. The number of ether oxygens (including phenoxy) is 1. The molecule has 1 aliphatic heterocycles. The van der Waals surface area contributed by atoms with E-state index in [4.69, 9.17) is 14.1 Å². The van der Waals surface area contributed by atoms with Crippen LogP contribution in [0.1, 0.15) is 56.5 Å². The van der Waals surface area contributed by atoms with Gasteiger partial charge in [-0.3, -0.25) is 4.90 Å². The van der Waals surface area contributed by atoms with E-state index >= 15 is 0 Å². The van der Waals surface area contributed by atoms with Gasteiger partial charge in [-0.05, 0) is 70.0 Å². The van der Waals surface area contributed by atoms with Crippen molar-refractivity contribution in [1.29, 1.82) is 0 Å². The molecular formula is C24H36N4O2. The van der Waals surface area contributed by atoms with E-state index in [1.165, 1.54) is 24.0 Å². The van der Waals surface area contributed by atoms with E-state index in [1.807, 2.05) is 6.07 Å². The topological polar surface area (TPSA) is 62.0 Å². The van der Waals surface area contributed by atoms with Crippen LogP contribution in [0, 0.1) is 0 Å². The maximum Gasteiger partial charge on any atom is 0.191 e. The van der Waals surface area contributed by atoms with Crippen molar-refractivity contribution in [3.8, 4) is 0 Å². The molecule has 30 heavy (non-hydrogen) atoms. The van der Waals surface area contributed by atoms with Crippen molar-refractivity contribution in [2.24, 2.45) is 4.99 Å². The first kappa shape index (κ1) is 22.4. The molecule has 1 fully saturated rings. The maximum atomic E-state index is 5.73. The summed E-state index contributed by atoms with van der Waals surface area (Å²) in [5.74, 6) is 1.84. The molecule has 1 aliphatic rings. The molecule has 1 aromatic carbocycles. The van der Waals surface area contributed by atoms with Crippen LogP contribution in [0.25, 0.3) is 0 Å². The van der Waals surface area contributed by atoms with Gasteiger partial charge in [-0.15, -0.1) is 0 Å². The molecule has 1 aromatic heterocycles. The van der Waals surface area contributed by atoms with E-state index in [0.717, 1.165) is 37.9 Å². The van der Waals surface area contributed by atoms with Crippen molar-refractivity contribution in [3.63, 3.8) is 0 Å². The van der Waals surface area contributed by atoms with Gasteiger partial charge in [0.15, 0.2) is 5.96 Å². The summed E-state index contributed by atoms with van der Waals surface area (Å²) in [6.07, 6.45) is 4.49. The van der Waals surface area contributed by atoms with Crippen molar-refractivity contribution in [2.45, 2.75) is 58.9 Å². The number of hydrogen-bond donors (Lipinski definition) is 2. The molecular weight excluding hydrogens is 376 g/mol. The van der Waals surface area contributed by atoms with Gasteiger partial charge >= 0.3 is 0 Å². The molecule has 0 saturated carbocycles. The standard InChI is InChI=1S/C24H36N4O2/c1-4-25-24(26-16-20-9-7-10-21(15-20)18-30-19(2)3)27-17-22(23-11-8-14-29-23)28-12-5-6-13-28/h7-11,14-15,19,22H,4-6,12-13,16-18H2,1-3H3,(H2,25,26,27). The van der Waals surface area contributed by atoms with Crippen LogP contribution in [0.4, 0.5) is 0 Å². The maximum absolute atomic E-state index is 5.73. The number of furan rings is 1. The zero-order chi connectivity index (χ0) is 21.2. The summed E-state index contributed by atoms with van der Waals surface area (Å²) in [7, 11) is 0. The molecule has 0 spiro atoms. The Morgan fingerprint density at radius 1 is 1.13 bits per heavy atom. The molecule has 2 aromatic rings. The van der Waals surface area contributed by atoms with Gasteiger partial charge in [0, 0.05) is 13.1 Å². The lowest BCUT2D eigenvalue weighted by atomic mass is 10.1. The molecule has 1 unspecified atom stereocenters. The number of nitrogens with zero attached hydrogens (tertiary/aromatic N) is 2. The highest BCUT2D eigenvalue weighted by atomic mass is 16.5. The number of rotatable bonds is 10. The first-order valence-corrected chi connectivity index (χ1v) is 11.1. The van der Waals surface area contributed by atoms with E-state index < -0.39 is 0 Å². The number of likely N-dealkylation sites (tertiary alicyclic amines) is 1. The lowest BCUT2D eigenvalue weighted by molar-refractivity contribution is 0.0657. The Labute approximate surface area is 180 Å². The van der Waals surface area contributed by atoms with Gasteiger partial charge in [0.05, 0.1) is 31.6 Å². The zero-order valence-electron chi connectivity index (χ0n) is 18.6. The van der Waals surface area contributed by atoms with E-state index in [0.29, 0.717) is 13.2 Å². The SMILES string of the molecule is CCNC(=NCc1cccc(COC(C)C)c1)NCC(c1ccco1)N1CCCC1. The lowest BCUT2D eigenvalue weighted by Gasteiger charge is -2.26. The Kier molecular flexibility index (Phi) is 8.78. The third-order valence-electron chi connectivity index (χ3n) is 5.25. The zero-order valence-corrected chi connectivity index (χ0v) is 18.6.